The molecule has 0 atom stereocenters. The highest BCUT2D eigenvalue weighted by Crippen LogP contribution is 2.21. The van der Waals surface area contributed by atoms with Gasteiger partial charge in [-0.05, 0) is 36.8 Å². The third-order valence-corrected chi connectivity index (χ3v) is 3.60. The van der Waals surface area contributed by atoms with E-state index in [9.17, 15) is 8.78 Å². The molecule has 116 valence electrons. The van der Waals surface area contributed by atoms with Crippen molar-refractivity contribution in [1.29, 1.82) is 0 Å². The number of aromatic amines is 1. The average Bonchev–Trinajstić information content (AvgIpc) is 2.88. The number of hydrogen-bond acceptors (Lipinski definition) is 3. The normalized spacial score (nSPS) is 11.3. The molecule has 0 aliphatic heterocycles. The van der Waals surface area contributed by atoms with Crippen LogP contribution in [0.5, 0.6) is 0 Å². The molecule has 0 saturated heterocycles. The van der Waals surface area contributed by atoms with Crippen LogP contribution in [0, 0.1) is 23.3 Å². The minimum atomic E-state index is -0.693. The monoisotopic (exact) mass is 330 g/mol. The van der Waals surface area contributed by atoms with Crippen LogP contribution in [0.15, 0.2) is 47.6 Å². The lowest BCUT2D eigenvalue weighted by molar-refractivity contribution is 0.580. The number of benzene rings is 2. The van der Waals surface area contributed by atoms with Gasteiger partial charge in [0.2, 0.25) is 4.77 Å². The summed E-state index contributed by atoms with van der Waals surface area (Å²) >= 11 is 5.14. The first-order valence-electron chi connectivity index (χ1n) is 6.79. The summed E-state index contributed by atoms with van der Waals surface area (Å²) in [7, 11) is 0. The van der Waals surface area contributed by atoms with Gasteiger partial charge in [-0.2, -0.15) is 14.9 Å². The Morgan fingerprint density at radius 2 is 1.83 bits per heavy atom. The summed E-state index contributed by atoms with van der Waals surface area (Å²) in [6, 6.07) is 11.2. The number of aromatic nitrogens is 3. The largest absolute Gasteiger partial charge is 0.250 e. The maximum Gasteiger partial charge on any atom is 0.216 e. The first-order valence-corrected chi connectivity index (χ1v) is 7.20. The van der Waals surface area contributed by atoms with E-state index in [2.05, 4.69) is 15.3 Å². The molecule has 7 heteroatoms. The van der Waals surface area contributed by atoms with Gasteiger partial charge in [0.1, 0.15) is 11.6 Å². The zero-order valence-corrected chi connectivity index (χ0v) is 12.9. The maximum atomic E-state index is 13.7. The van der Waals surface area contributed by atoms with Crippen molar-refractivity contribution in [3.05, 3.63) is 70.0 Å². The number of aryl methyl sites for hydroxylation is 1. The van der Waals surface area contributed by atoms with Gasteiger partial charge in [0, 0.05) is 5.56 Å². The number of halogens is 2. The van der Waals surface area contributed by atoms with Crippen molar-refractivity contribution in [3.63, 3.8) is 0 Å². The quantitative estimate of drug-likeness (QED) is 0.581. The Balaban J connectivity index is 2.09. The van der Waals surface area contributed by atoms with Gasteiger partial charge in [0.25, 0.3) is 0 Å². The second-order valence-electron chi connectivity index (χ2n) is 4.86. The van der Waals surface area contributed by atoms with Crippen LogP contribution in [0.3, 0.4) is 0 Å². The number of H-pyrrole nitrogens is 1. The van der Waals surface area contributed by atoms with Crippen molar-refractivity contribution in [3.8, 4) is 11.4 Å². The fourth-order valence-corrected chi connectivity index (χ4v) is 2.33. The molecule has 0 aliphatic carbocycles. The van der Waals surface area contributed by atoms with Crippen LogP contribution in [0.2, 0.25) is 0 Å². The lowest BCUT2D eigenvalue weighted by Crippen LogP contribution is -1.99. The smallest absolute Gasteiger partial charge is 0.216 e. The van der Waals surface area contributed by atoms with Gasteiger partial charge < -0.3 is 0 Å². The van der Waals surface area contributed by atoms with Gasteiger partial charge in [-0.15, -0.1) is 0 Å². The predicted molar refractivity (Wildman–Crippen MR) is 86.9 cm³/mol. The number of nitrogens with one attached hydrogen (secondary N) is 1. The van der Waals surface area contributed by atoms with Crippen LogP contribution in [-0.2, 0) is 0 Å². The average molecular weight is 330 g/mol. The summed E-state index contributed by atoms with van der Waals surface area (Å²) < 4.78 is 28.9. The Labute approximate surface area is 136 Å². The number of nitrogens with zero attached hydrogens (tertiary/aromatic N) is 3. The molecule has 0 saturated carbocycles. The van der Waals surface area contributed by atoms with Crippen LogP contribution >= 0.6 is 12.2 Å². The van der Waals surface area contributed by atoms with Crippen molar-refractivity contribution in [2.45, 2.75) is 6.92 Å². The van der Waals surface area contributed by atoms with E-state index in [1.54, 1.807) is 0 Å². The molecular formula is C16H12F2N4S. The van der Waals surface area contributed by atoms with Gasteiger partial charge in [-0.1, -0.05) is 30.3 Å². The van der Waals surface area contributed by atoms with E-state index in [1.165, 1.54) is 22.9 Å². The highest BCUT2D eigenvalue weighted by molar-refractivity contribution is 7.71. The third-order valence-electron chi connectivity index (χ3n) is 3.34. The Morgan fingerprint density at radius 1 is 1.13 bits per heavy atom. The highest BCUT2D eigenvalue weighted by atomic mass is 32.1. The maximum absolute atomic E-state index is 13.7. The molecule has 1 aromatic heterocycles. The van der Waals surface area contributed by atoms with Crippen LogP contribution in [0.4, 0.5) is 8.78 Å². The summed E-state index contributed by atoms with van der Waals surface area (Å²) in [5, 5.41) is 10.9. The van der Waals surface area contributed by atoms with Crippen molar-refractivity contribution in [1.82, 2.24) is 14.9 Å². The van der Waals surface area contributed by atoms with E-state index in [4.69, 9.17) is 12.2 Å². The zero-order valence-electron chi connectivity index (χ0n) is 12.1. The standard InChI is InChI=1S/C16H12F2N4S/c1-10-5-2-3-6-11(10)15-20-21-16(23)22(15)19-9-12-13(17)7-4-8-14(12)18/h2-9H,1H3,(H,21,23). The second-order valence-corrected chi connectivity index (χ2v) is 5.25. The van der Waals surface area contributed by atoms with Crippen LogP contribution in [-0.4, -0.2) is 21.1 Å². The molecule has 0 spiro atoms. The first-order chi connectivity index (χ1) is 11.1. The Bertz CT molecular complexity index is 923. The Kier molecular flexibility index (Phi) is 4.12. The summed E-state index contributed by atoms with van der Waals surface area (Å²) in [5.41, 5.74) is 1.58. The summed E-state index contributed by atoms with van der Waals surface area (Å²) in [4.78, 5) is 0. The van der Waals surface area contributed by atoms with Crippen LogP contribution in [0.25, 0.3) is 11.4 Å². The van der Waals surface area contributed by atoms with Crippen molar-refractivity contribution < 1.29 is 8.78 Å². The van der Waals surface area contributed by atoms with Gasteiger partial charge in [-0.3, -0.25) is 0 Å². The van der Waals surface area contributed by atoms with E-state index < -0.39 is 11.6 Å². The van der Waals surface area contributed by atoms with Gasteiger partial charge in [0.15, 0.2) is 5.82 Å². The Morgan fingerprint density at radius 3 is 2.52 bits per heavy atom. The van der Waals surface area contributed by atoms with E-state index in [-0.39, 0.29) is 10.3 Å². The third kappa shape index (κ3) is 2.95. The van der Waals surface area contributed by atoms with E-state index >= 15 is 0 Å². The molecule has 0 aliphatic rings. The first kappa shape index (κ1) is 15.2. The van der Waals surface area contributed by atoms with E-state index in [0.717, 1.165) is 17.3 Å². The molecule has 4 nitrogen and oxygen atoms in total. The molecule has 1 heterocycles. The van der Waals surface area contributed by atoms with E-state index in [0.29, 0.717) is 5.82 Å². The Hall–Kier alpha value is -2.67. The molecule has 0 amide bonds. The molecule has 0 bridgehead atoms. The van der Waals surface area contributed by atoms with Gasteiger partial charge in [0.05, 0.1) is 11.8 Å². The van der Waals surface area contributed by atoms with Crippen LogP contribution < -0.4 is 0 Å². The fraction of sp³-hybridized carbons (Fsp3) is 0.0625. The molecule has 0 fully saturated rings. The van der Waals surface area contributed by atoms with Crippen LogP contribution in [0.1, 0.15) is 11.1 Å². The molecular weight excluding hydrogens is 318 g/mol. The highest BCUT2D eigenvalue weighted by Gasteiger charge is 2.11. The topological polar surface area (TPSA) is 46.0 Å². The van der Waals surface area contributed by atoms with Crippen molar-refractivity contribution >= 4 is 18.4 Å². The molecule has 1 N–H and O–H groups in total. The SMILES string of the molecule is Cc1ccccc1-c1n[nH]c(=S)n1N=Cc1c(F)cccc1F. The molecule has 0 radical (unpaired) electrons. The molecule has 2 aromatic carbocycles. The van der Waals surface area contributed by atoms with Gasteiger partial charge in [-0.25, -0.2) is 13.9 Å². The zero-order chi connectivity index (χ0) is 16.4. The fourth-order valence-electron chi connectivity index (χ4n) is 2.15. The molecule has 3 aromatic rings. The predicted octanol–water partition coefficient (Wildman–Crippen LogP) is 4.08. The van der Waals surface area contributed by atoms with Crippen molar-refractivity contribution in [2.24, 2.45) is 5.10 Å². The summed E-state index contributed by atoms with van der Waals surface area (Å²) in [6.45, 7) is 1.93. The van der Waals surface area contributed by atoms with E-state index in [1.807, 2.05) is 31.2 Å². The molecule has 0 unspecified atom stereocenters. The minimum absolute atomic E-state index is 0.230. The molecule has 23 heavy (non-hydrogen) atoms. The lowest BCUT2D eigenvalue weighted by Gasteiger charge is -2.04. The minimum Gasteiger partial charge on any atom is -0.250 e. The van der Waals surface area contributed by atoms with Crippen molar-refractivity contribution in [2.75, 3.05) is 0 Å². The summed E-state index contributed by atoms with van der Waals surface area (Å²) in [6.07, 6.45) is 1.10. The number of hydrogen-bond donors (Lipinski definition) is 1. The number of rotatable bonds is 3. The summed E-state index contributed by atoms with van der Waals surface area (Å²) in [5.74, 6) is -0.913. The molecule has 3 rings (SSSR count). The second kappa shape index (κ2) is 6.21. The lowest BCUT2D eigenvalue weighted by atomic mass is 10.1. The van der Waals surface area contributed by atoms with Gasteiger partial charge >= 0.3 is 0 Å².